The Hall–Kier alpha value is -1.84. The lowest BCUT2D eigenvalue weighted by molar-refractivity contribution is -0.931. The molecule has 96 valence electrons. The molecule has 0 amide bonds. The van der Waals surface area contributed by atoms with Crippen LogP contribution >= 0.6 is 0 Å². The van der Waals surface area contributed by atoms with E-state index in [1.807, 2.05) is 0 Å². The number of hydroxylamine groups is 3. The van der Waals surface area contributed by atoms with Crippen LogP contribution in [-0.2, 0) is 19.8 Å². The third kappa shape index (κ3) is 2.10. The zero-order chi connectivity index (χ0) is 13.6. The number of carbonyl (C=O) groups excluding carboxylic acids is 1. The van der Waals surface area contributed by atoms with Crippen molar-refractivity contribution in [1.82, 2.24) is 0 Å². The van der Waals surface area contributed by atoms with Crippen LogP contribution < -0.4 is 0 Å². The number of quaternary nitrogens is 1. The Bertz CT molecular complexity index is 643. The molecule has 0 aromatic heterocycles. The molecule has 0 radical (unpaired) electrons. The molecule has 2 rings (SSSR count). The van der Waals surface area contributed by atoms with Gasteiger partial charge in [-0.05, 0) is 11.6 Å². The van der Waals surface area contributed by atoms with Crippen molar-refractivity contribution in [3.8, 4) is 0 Å². The van der Waals surface area contributed by atoms with E-state index < -0.39 is 25.8 Å². The first kappa shape index (κ1) is 12.6. The van der Waals surface area contributed by atoms with Crippen LogP contribution in [0, 0.1) is 0 Å². The first-order valence-electron chi connectivity index (χ1n) is 4.85. The van der Waals surface area contributed by atoms with Gasteiger partial charge in [0.2, 0.25) is 5.03 Å². The summed E-state index contributed by atoms with van der Waals surface area (Å²) in [7, 11) is -4.49. The molecule has 0 saturated carbocycles. The highest BCUT2D eigenvalue weighted by molar-refractivity contribution is 7.89. The molecule has 18 heavy (non-hydrogen) atoms. The number of carbonyl (C=O) groups is 1. The van der Waals surface area contributed by atoms with Gasteiger partial charge in [-0.15, -0.1) is 0 Å². The van der Waals surface area contributed by atoms with E-state index in [4.69, 9.17) is 9.39 Å². The van der Waals surface area contributed by atoms with Gasteiger partial charge in [0.25, 0.3) is 0 Å². The van der Waals surface area contributed by atoms with Crippen LogP contribution in [0.2, 0.25) is 0 Å². The van der Waals surface area contributed by atoms with Gasteiger partial charge in [0.15, 0.2) is 12.4 Å². The lowest BCUT2D eigenvalue weighted by Crippen LogP contribution is -2.43. The minimum Gasteiger partial charge on any atom is -0.280 e. The molecule has 0 bridgehead atoms. The summed E-state index contributed by atoms with van der Waals surface area (Å²) < 4.78 is 30.3. The number of fused-ring (bicyclic) bond motifs is 1. The molecule has 1 N–H and O–H groups in total. The zero-order valence-electron chi connectivity index (χ0n) is 9.56. The summed E-state index contributed by atoms with van der Waals surface area (Å²) >= 11 is 0. The van der Waals surface area contributed by atoms with Crippen LogP contribution in [0.25, 0.3) is 0 Å². The lowest BCUT2D eigenvalue weighted by Gasteiger charge is -2.23. The Morgan fingerprint density at radius 3 is 2.67 bits per heavy atom. The molecule has 2 aliphatic heterocycles. The van der Waals surface area contributed by atoms with Crippen LogP contribution in [0.15, 0.2) is 33.0 Å². The summed E-state index contributed by atoms with van der Waals surface area (Å²) in [6.45, 7) is 2.87. The number of hydrogen-bond acceptors (Lipinski definition) is 6. The van der Waals surface area contributed by atoms with E-state index in [0.29, 0.717) is 5.57 Å². The molecule has 0 saturated heterocycles. The van der Waals surface area contributed by atoms with Gasteiger partial charge in [0.05, 0.1) is 0 Å². The highest BCUT2D eigenvalue weighted by Gasteiger charge is 2.46. The van der Waals surface area contributed by atoms with Gasteiger partial charge < -0.3 is 0 Å². The number of guanidine groups is 1. The summed E-state index contributed by atoms with van der Waals surface area (Å²) in [6, 6.07) is 0. The Kier molecular flexibility index (Phi) is 2.69. The van der Waals surface area contributed by atoms with Crippen LogP contribution in [0.3, 0.4) is 0 Å². The molecule has 0 spiro atoms. The van der Waals surface area contributed by atoms with Gasteiger partial charge in [0.1, 0.15) is 0 Å². The second-order valence-electron chi connectivity index (χ2n) is 3.78. The third-order valence-corrected chi connectivity index (χ3v) is 2.87. The minimum atomic E-state index is -4.49. The topological polar surface area (TPSA) is 105 Å². The van der Waals surface area contributed by atoms with Crippen LogP contribution in [0.4, 0.5) is 0 Å². The Morgan fingerprint density at radius 1 is 1.44 bits per heavy atom. The first-order chi connectivity index (χ1) is 8.23. The molecule has 8 nitrogen and oxygen atoms in total. The Morgan fingerprint density at radius 2 is 2.11 bits per heavy atom. The van der Waals surface area contributed by atoms with E-state index >= 15 is 0 Å². The number of nitrogens with zero attached hydrogens (tertiary/aromatic N) is 3. The monoisotopic (exact) mass is 272 g/mol. The van der Waals surface area contributed by atoms with Crippen molar-refractivity contribution in [3.63, 3.8) is 0 Å². The van der Waals surface area contributed by atoms with E-state index in [0.717, 1.165) is 6.20 Å². The summed E-state index contributed by atoms with van der Waals surface area (Å²) in [6.07, 6.45) is 3.89. The largest absolute Gasteiger partial charge is 0.383 e. The maximum absolute atomic E-state index is 11.1. The molecule has 1 unspecified atom stereocenters. The SMILES string of the molecule is CC(=O)O[N+]12C=C(C)C=NC1=NC(S(=O)(=O)O)=C2. The van der Waals surface area contributed by atoms with Gasteiger partial charge in [-0.3, -0.25) is 9.39 Å². The Labute approximate surface area is 103 Å². The van der Waals surface area contributed by atoms with Crippen molar-refractivity contribution in [1.29, 1.82) is 0 Å². The number of allylic oxidation sites excluding steroid dienone is 1. The van der Waals surface area contributed by atoms with Crippen LogP contribution in [-0.4, -0.2) is 35.8 Å². The normalized spacial score (nSPS) is 26.1. The quantitative estimate of drug-likeness (QED) is 0.576. The van der Waals surface area contributed by atoms with E-state index in [1.54, 1.807) is 6.92 Å². The third-order valence-electron chi connectivity index (χ3n) is 2.15. The van der Waals surface area contributed by atoms with Gasteiger partial charge >= 0.3 is 22.0 Å². The molecule has 0 aromatic rings. The molecule has 0 aromatic carbocycles. The standard InChI is InChI=1S/C9H9N3O5S/c1-6-3-10-9-11-8(18(14,15)16)5-12(9,4-6)17-7(2)13/h3-5H,1-2H3/p+1. The molecule has 1 atom stereocenters. The number of rotatable bonds is 2. The molecule has 9 heteroatoms. The zero-order valence-corrected chi connectivity index (χ0v) is 10.4. The van der Waals surface area contributed by atoms with Crippen molar-refractivity contribution in [2.75, 3.05) is 0 Å². The van der Waals surface area contributed by atoms with Gasteiger partial charge in [-0.1, -0.05) is 0 Å². The molecular weight excluding hydrogens is 262 g/mol. The van der Waals surface area contributed by atoms with Crippen molar-refractivity contribution < 1.29 is 27.2 Å². The van der Waals surface area contributed by atoms with Crippen molar-refractivity contribution in [2.24, 2.45) is 9.98 Å². The van der Waals surface area contributed by atoms with E-state index in [-0.39, 0.29) is 5.96 Å². The molecular formula is C9H10N3O5S+. The number of aliphatic imine (C=N–C) groups is 2. The molecule has 0 fully saturated rings. The molecule has 2 aliphatic rings. The lowest BCUT2D eigenvalue weighted by atomic mass is 10.3. The molecule has 2 heterocycles. The fourth-order valence-corrected chi connectivity index (χ4v) is 2.05. The van der Waals surface area contributed by atoms with Crippen molar-refractivity contribution in [2.45, 2.75) is 13.8 Å². The average molecular weight is 272 g/mol. The van der Waals surface area contributed by atoms with Gasteiger partial charge in [-0.25, -0.2) is 4.79 Å². The second kappa shape index (κ2) is 3.83. The fourth-order valence-electron chi connectivity index (χ4n) is 1.57. The Balaban J connectivity index is 2.58. The van der Waals surface area contributed by atoms with E-state index in [9.17, 15) is 13.2 Å². The predicted octanol–water partition coefficient (Wildman–Crippen LogP) is 0.326. The maximum atomic E-state index is 11.1. The second-order valence-corrected chi connectivity index (χ2v) is 5.15. The van der Waals surface area contributed by atoms with Crippen molar-refractivity contribution >= 4 is 28.3 Å². The van der Waals surface area contributed by atoms with Gasteiger partial charge in [0, 0.05) is 18.7 Å². The average Bonchev–Trinajstić information content (AvgIpc) is 2.53. The van der Waals surface area contributed by atoms with E-state index in [2.05, 4.69) is 9.98 Å². The summed E-state index contributed by atoms with van der Waals surface area (Å²) in [5, 5.41) is -0.609. The summed E-state index contributed by atoms with van der Waals surface area (Å²) in [4.78, 5) is 23.6. The number of hydrogen-bond donors (Lipinski definition) is 1. The van der Waals surface area contributed by atoms with E-state index in [1.165, 1.54) is 19.3 Å². The summed E-state index contributed by atoms with van der Waals surface area (Å²) in [5.74, 6) is -0.708. The smallest absolute Gasteiger partial charge is 0.280 e. The highest BCUT2D eigenvalue weighted by Crippen LogP contribution is 2.29. The van der Waals surface area contributed by atoms with Crippen LogP contribution in [0.1, 0.15) is 13.8 Å². The van der Waals surface area contributed by atoms with Crippen molar-refractivity contribution in [3.05, 3.63) is 23.0 Å². The minimum absolute atomic E-state index is 0.0663. The predicted molar refractivity (Wildman–Crippen MR) is 61.3 cm³/mol. The highest BCUT2D eigenvalue weighted by atomic mass is 32.2. The maximum Gasteiger partial charge on any atom is 0.383 e. The summed E-state index contributed by atoms with van der Waals surface area (Å²) in [5.41, 5.74) is 0.656. The fraction of sp³-hybridized carbons (Fsp3) is 0.222. The van der Waals surface area contributed by atoms with Gasteiger partial charge in [-0.2, -0.15) is 18.4 Å². The molecule has 0 aliphatic carbocycles. The first-order valence-corrected chi connectivity index (χ1v) is 6.29. The van der Waals surface area contributed by atoms with Crippen LogP contribution in [0.5, 0.6) is 0 Å².